The standard InChI is InChI=1S/C15H20BrNO5/c1-15(2,14(19)20)5-6-17-13(18)9-7-10(16)12(22-4)11(8-9)21-3/h7-8H,5-6H2,1-4H3,(H,17,18)(H,19,20). The highest BCUT2D eigenvalue weighted by Crippen LogP contribution is 2.36. The highest BCUT2D eigenvalue weighted by atomic mass is 79.9. The molecule has 0 bridgehead atoms. The number of hydrogen-bond donors (Lipinski definition) is 2. The van der Waals surface area contributed by atoms with Crippen molar-refractivity contribution in [2.45, 2.75) is 20.3 Å². The summed E-state index contributed by atoms with van der Waals surface area (Å²) in [4.78, 5) is 23.2. The van der Waals surface area contributed by atoms with Crippen molar-refractivity contribution in [3.05, 3.63) is 22.2 Å². The van der Waals surface area contributed by atoms with Crippen molar-refractivity contribution in [3.8, 4) is 11.5 Å². The lowest BCUT2D eigenvalue weighted by Gasteiger charge is -2.19. The Morgan fingerprint density at radius 1 is 1.27 bits per heavy atom. The summed E-state index contributed by atoms with van der Waals surface area (Å²) in [7, 11) is 3.00. The van der Waals surface area contributed by atoms with Gasteiger partial charge < -0.3 is 19.9 Å². The van der Waals surface area contributed by atoms with Gasteiger partial charge in [-0.05, 0) is 48.3 Å². The Balaban J connectivity index is 2.78. The number of aliphatic carboxylic acids is 1. The first-order valence-corrected chi connectivity index (χ1v) is 7.45. The van der Waals surface area contributed by atoms with E-state index in [4.69, 9.17) is 14.6 Å². The second-order valence-electron chi connectivity index (χ2n) is 5.39. The molecule has 0 atom stereocenters. The lowest BCUT2D eigenvalue weighted by atomic mass is 9.90. The minimum atomic E-state index is -0.893. The summed E-state index contributed by atoms with van der Waals surface area (Å²) in [5, 5.41) is 11.7. The van der Waals surface area contributed by atoms with E-state index in [1.807, 2.05) is 0 Å². The first kappa shape index (κ1) is 18.3. The third-order valence-electron chi connectivity index (χ3n) is 3.31. The number of carbonyl (C=O) groups excluding carboxylic acids is 1. The van der Waals surface area contributed by atoms with Crippen molar-refractivity contribution < 1.29 is 24.2 Å². The van der Waals surface area contributed by atoms with Gasteiger partial charge in [0, 0.05) is 12.1 Å². The minimum absolute atomic E-state index is 0.268. The molecule has 0 fully saturated rings. The van der Waals surface area contributed by atoms with Crippen molar-refractivity contribution in [3.63, 3.8) is 0 Å². The van der Waals surface area contributed by atoms with Crippen LogP contribution in [0.4, 0.5) is 0 Å². The highest BCUT2D eigenvalue weighted by Gasteiger charge is 2.26. The summed E-state index contributed by atoms with van der Waals surface area (Å²) >= 11 is 3.32. The van der Waals surface area contributed by atoms with Crippen molar-refractivity contribution in [1.82, 2.24) is 5.32 Å². The van der Waals surface area contributed by atoms with Crippen LogP contribution >= 0.6 is 15.9 Å². The monoisotopic (exact) mass is 373 g/mol. The Morgan fingerprint density at radius 2 is 1.91 bits per heavy atom. The van der Waals surface area contributed by atoms with E-state index in [0.717, 1.165) is 0 Å². The average Bonchev–Trinajstić information content (AvgIpc) is 2.45. The molecule has 6 nitrogen and oxygen atoms in total. The normalized spacial score (nSPS) is 11.0. The van der Waals surface area contributed by atoms with Crippen LogP contribution in [0.25, 0.3) is 0 Å². The molecular formula is C15H20BrNO5. The molecule has 7 heteroatoms. The summed E-state index contributed by atoms with van der Waals surface area (Å²) < 4.78 is 11.0. The number of amides is 1. The van der Waals surface area contributed by atoms with Gasteiger partial charge in [0.05, 0.1) is 24.1 Å². The van der Waals surface area contributed by atoms with Crippen LogP contribution < -0.4 is 14.8 Å². The first-order chi connectivity index (χ1) is 10.2. The molecular weight excluding hydrogens is 354 g/mol. The Bertz CT molecular complexity index is 571. The first-order valence-electron chi connectivity index (χ1n) is 6.66. The molecule has 22 heavy (non-hydrogen) atoms. The van der Waals surface area contributed by atoms with Crippen LogP contribution in [0.2, 0.25) is 0 Å². The van der Waals surface area contributed by atoms with E-state index in [1.54, 1.807) is 26.0 Å². The number of halogens is 1. The van der Waals surface area contributed by atoms with Gasteiger partial charge in [0.25, 0.3) is 5.91 Å². The van der Waals surface area contributed by atoms with E-state index in [2.05, 4.69) is 21.2 Å². The van der Waals surface area contributed by atoms with Crippen LogP contribution in [0.3, 0.4) is 0 Å². The zero-order valence-corrected chi connectivity index (χ0v) is 14.6. The van der Waals surface area contributed by atoms with Gasteiger partial charge in [-0.15, -0.1) is 0 Å². The number of ether oxygens (including phenoxy) is 2. The third kappa shape index (κ3) is 4.37. The molecule has 0 aromatic heterocycles. The Kier molecular flexibility index (Phi) is 6.22. The second-order valence-corrected chi connectivity index (χ2v) is 6.24. The van der Waals surface area contributed by atoms with Crippen LogP contribution in [-0.4, -0.2) is 37.7 Å². The molecule has 0 heterocycles. The summed E-state index contributed by atoms with van der Waals surface area (Å²) in [5.74, 6) is -0.252. The Labute approximate surface area is 137 Å². The number of methoxy groups -OCH3 is 2. The highest BCUT2D eigenvalue weighted by molar-refractivity contribution is 9.10. The predicted molar refractivity (Wildman–Crippen MR) is 85.6 cm³/mol. The molecule has 1 aromatic carbocycles. The fourth-order valence-corrected chi connectivity index (χ4v) is 2.35. The van der Waals surface area contributed by atoms with E-state index in [0.29, 0.717) is 28.0 Å². The smallest absolute Gasteiger partial charge is 0.309 e. The molecule has 0 aliphatic heterocycles. The SMILES string of the molecule is COc1cc(C(=O)NCCC(C)(C)C(=O)O)cc(Br)c1OC. The van der Waals surface area contributed by atoms with Gasteiger partial charge in [0.15, 0.2) is 11.5 Å². The number of benzene rings is 1. The van der Waals surface area contributed by atoms with Gasteiger partial charge >= 0.3 is 5.97 Å². The van der Waals surface area contributed by atoms with E-state index in [-0.39, 0.29) is 12.5 Å². The minimum Gasteiger partial charge on any atom is -0.493 e. The van der Waals surface area contributed by atoms with Crippen LogP contribution in [0.15, 0.2) is 16.6 Å². The van der Waals surface area contributed by atoms with Gasteiger partial charge in [0.2, 0.25) is 0 Å². The van der Waals surface area contributed by atoms with Crippen molar-refractivity contribution >= 4 is 27.8 Å². The van der Waals surface area contributed by atoms with Gasteiger partial charge in [-0.1, -0.05) is 0 Å². The molecule has 0 unspecified atom stereocenters. The third-order valence-corrected chi connectivity index (χ3v) is 3.90. The lowest BCUT2D eigenvalue weighted by Crippen LogP contribution is -2.32. The maximum atomic E-state index is 12.1. The molecule has 0 aliphatic carbocycles. The maximum Gasteiger partial charge on any atom is 0.309 e. The summed E-state index contributed by atoms with van der Waals surface area (Å²) in [6.07, 6.45) is 0.336. The number of carboxylic acids is 1. The molecule has 0 spiro atoms. The van der Waals surface area contributed by atoms with E-state index in [9.17, 15) is 9.59 Å². The van der Waals surface area contributed by atoms with Gasteiger partial charge in [-0.3, -0.25) is 9.59 Å². The molecule has 0 radical (unpaired) electrons. The van der Waals surface area contributed by atoms with Crippen molar-refractivity contribution in [2.75, 3.05) is 20.8 Å². The summed E-state index contributed by atoms with van der Waals surface area (Å²) in [5.41, 5.74) is -0.483. The zero-order chi connectivity index (χ0) is 16.9. The summed E-state index contributed by atoms with van der Waals surface area (Å²) in [6.45, 7) is 3.51. The number of hydrogen-bond acceptors (Lipinski definition) is 4. The largest absolute Gasteiger partial charge is 0.493 e. The predicted octanol–water partition coefficient (Wildman–Crippen LogP) is 2.70. The number of carbonyl (C=O) groups is 2. The summed E-state index contributed by atoms with van der Waals surface area (Å²) in [6, 6.07) is 3.19. The van der Waals surface area contributed by atoms with Gasteiger partial charge in [-0.25, -0.2) is 0 Å². The lowest BCUT2D eigenvalue weighted by molar-refractivity contribution is -0.147. The van der Waals surface area contributed by atoms with E-state index in [1.165, 1.54) is 14.2 Å². The zero-order valence-electron chi connectivity index (χ0n) is 13.0. The van der Waals surface area contributed by atoms with Crippen LogP contribution in [0.1, 0.15) is 30.6 Å². The van der Waals surface area contributed by atoms with Gasteiger partial charge in [-0.2, -0.15) is 0 Å². The average molecular weight is 374 g/mol. The molecule has 1 amide bonds. The number of nitrogens with one attached hydrogen (secondary N) is 1. The molecule has 1 rings (SSSR count). The molecule has 2 N–H and O–H groups in total. The van der Waals surface area contributed by atoms with Crippen LogP contribution in [-0.2, 0) is 4.79 Å². The topological polar surface area (TPSA) is 84.9 Å². The maximum absolute atomic E-state index is 12.1. The Hall–Kier alpha value is -1.76. The Morgan fingerprint density at radius 3 is 2.41 bits per heavy atom. The molecule has 0 saturated carbocycles. The quantitative estimate of drug-likeness (QED) is 0.767. The fraction of sp³-hybridized carbons (Fsp3) is 0.467. The van der Waals surface area contributed by atoms with Crippen LogP contribution in [0, 0.1) is 5.41 Å². The van der Waals surface area contributed by atoms with E-state index >= 15 is 0 Å². The van der Waals surface area contributed by atoms with Crippen LogP contribution in [0.5, 0.6) is 11.5 Å². The molecule has 1 aromatic rings. The molecule has 0 aliphatic rings. The van der Waals surface area contributed by atoms with Gasteiger partial charge in [0.1, 0.15) is 0 Å². The number of carboxylic acid groups (broad SMARTS) is 1. The molecule has 122 valence electrons. The second kappa shape index (κ2) is 7.49. The molecule has 0 saturated heterocycles. The fourth-order valence-electron chi connectivity index (χ4n) is 1.75. The van der Waals surface area contributed by atoms with E-state index < -0.39 is 11.4 Å². The van der Waals surface area contributed by atoms with Crippen molar-refractivity contribution in [2.24, 2.45) is 5.41 Å². The van der Waals surface area contributed by atoms with Crippen molar-refractivity contribution in [1.29, 1.82) is 0 Å². The number of rotatable bonds is 7.